The topological polar surface area (TPSA) is 38.9 Å². The Morgan fingerprint density at radius 1 is 0.864 bits per heavy atom. The van der Waals surface area contributed by atoms with E-state index in [1.54, 1.807) is 12.4 Å². The molecule has 0 atom stereocenters. The fourth-order valence-electron chi connectivity index (χ4n) is 2.69. The first-order valence-electron chi connectivity index (χ1n) is 7.19. The van der Waals surface area contributed by atoms with Crippen LogP contribution in [0.2, 0.25) is 0 Å². The van der Waals surface area contributed by atoms with E-state index in [-0.39, 0.29) is 0 Å². The second-order valence-corrected chi connectivity index (χ2v) is 5.21. The van der Waals surface area contributed by atoms with Crippen LogP contribution >= 0.6 is 0 Å². The maximum Gasteiger partial charge on any atom is 0.227 e. The maximum absolute atomic E-state index is 5.85. The summed E-state index contributed by atoms with van der Waals surface area (Å²) in [7, 11) is 0. The molecule has 0 spiro atoms. The summed E-state index contributed by atoms with van der Waals surface area (Å²) in [5.74, 6) is 0.637. The van der Waals surface area contributed by atoms with Crippen molar-refractivity contribution in [3.63, 3.8) is 0 Å². The fraction of sp³-hybridized carbons (Fsp3) is 0.0526. The Hall–Kier alpha value is -2.94. The largest absolute Gasteiger partial charge is 0.434 e. The van der Waals surface area contributed by atoms with Crippen molar-refractivity contribution in [1.82, 2.24) is 9.97 Å². The standard InChI is InChI=1S/C19H14N2O/c1-13-15(14-6-3-2-4-7-14)8-5-9-16(13)19-21-17-10-11-20-12-18(17)22-19/h2-12H,1H3. The number of nitrogens with zero attached hydrogens (tertiary/aromatic N) is 2. The molecule has 0 radical (unpaired) electrons. The van der Waals surface area contributed by atoms with Crippen molar-refractivity contribution < 1.29 is 4.42 Å². The average Bonchev–Trinajstić information content (AvgIpc) is 2.99. The molecule has 3 nitrogen and oxygen atoms in total. The smallest absolute Gasteiger partial charge is 0.227 e. The van der Waals surface area contributed by atoms with Gasteiger partial charge in [0, 0.05) is 11.8 Å². The molecule has 0 aliphatic carbocycles. The average molecular weight is 286 g/mol. The highest BCUT2D eigenvalue weighted by Gasteiger charge is 2.13. The highest BCUT2D eigenvalue weighted by molar-refractivity contribution is 5.79. The molecule has 0 saturated heterocycles. The van der Waals surface area contributed by atoms with Crippen LogP contribution in [0.1, 0.15) is 5.56 Å². The SMILES string of the molecule is Cc1c(-c2ccccc2)cccc1-c1nc2ccncc2o1. The van der Waals surface area contributed by atoms with Gasteiger partial charge in [-0.25, -0.2) is 4.98 Å². The van der Waals surface area contributed by atoms with Crippen LogP contribution in [0.4, 0.5) is 0 Å². The number of aromatic nitrogens is 2. The number of rotatable bonds is 2. The summed E-state index contributed by atoms with van der Waals surface area (Å²) >= 11 is 0. The van der Waals surface area contributed by atoms with E-state index in [0.29, 0.717) is 11.5 Å². The molecule has 0 saturated carbocycles. The van der Waals surface area contributed by atoms with Crippen molar-refractivity contribution in [2.45, 2.75) is 6.92 Å². The lowest BCUT2D eigenvalue weighted by atomic mass is 9.96. The van der Waals surface area contributed by atoms with E-state index in [9.17, 15) is 0 Å². The molecule has 4 rings (SSSR count). The Morgan fingerprint density at radius 3 is 2.50 bits per heavy atom. The van der Waals surface area contributed by atoms with E-state index < -0.39 is 0 Å². The van der Waals surface area contributed by atoms with Gasteiger partial charge < -0.3 is 4.42 Å². The van der Waals surface area contributed by atoms with Crippen molar-refractivity contribution >= 4 is 11.1 Å². The van der Waals surface area contributed by atoms with Crippen LogP contribution in [0.5, 0.6) is 0 Å². The van der Waals surface area contributed by atoms with Crippen molar-refractivity contribution in [2.75, 3.05) is 0 Å². The first-order valence-corrected chi connectivity index (χ1v) is 7.19. The molecule has 106 valence electrons. The van der Waals surface area contributed by atoms with E-state index in [1.165, 1.54) is 11.1 Å². The molecule has 0 aliphatic heterocycles. The lowest BCUT2D eigenvalue weighted by Gasteiger charge is -2.09. The van der Waals surface area contributed by atoms with E-state index in [1.807, 2.05) is 36.4 Å². The first kappa shape index (κ1) is 12.8. The van der Waals surface area contributed by atoms with Crippen LogP contribution in [-0.4, -0.2) is 9.97 Å². The second kappa shape index (κ2) is 5.11. The fourth-order valence-corrected chi connectivity index (χ4v) is 2.69. The van der Waals surface area contributed by atoms with Crippen molar-refractivity contribution in [2.24, 2.45) is 0 Å². The number of benzene rings is 2. The van der Waals surface area contributed by atoms with Crippen LogP contribution in [0.15, 0.2) is 71.4 Å². The van der Waals surface area contributed by atoms with Gasteiger partial charge in [-0.3, -0.25) is 4.98 Å². The minimum Gasteiger partial charge on any atom is -0.434 e. The Bertz CT molecular complexity index is 909. The van der Waals surface area contributed by atoms with Crippen LogP contribution in [0.25, 0.3) is 33.7 Å². The molecule has 0 bridgehead atoms. The van der Waals surface area contributed by atoms with Gasteiger partial charge in [0.15, 0.2) is 5.58 Å². The summed E-state index contributed by atoms with van der Waals surface area (Å²) in [6, 6.07) is 18.4. The van der Waals surface area contributed by atoms with Crippen LogP contribution in [0.3, 0.4) is 0 Å². The van der Waals surface area contributed by atoms with Crippen LogP contribution in [-0.2, 0) is 0 Å². The molecule has 22 heavy (non-hydrogen) atoms. The van der Waals surface area contributed by atoms with Gasteiger partial charge >= 0.3 is 0 Å². The van der Waals surface area contributed by atoms with Crippen LogP contribution in [0, 0.1) is 6.92 Å². The maximum atomic E-state index is 5.85. The molecule has 0 N–H and O–H groups in total. The van der Waals surface area contributed by atoms with E-state index >= 15 is 0 Å². The van der Waals surface area contributed by atoms with Gasteiger partial charge in [0.2, 0.25) is 5.89 Å². The minimum atomic E-state index is 0.637. The molecule has 0 unspecified atom stereocenters. The predicted octanol–water partition coefficient (Wildman–Crippen LogP) is 4.87. The lowest BCUT2D eigenvalue weighted by Crippen LogP contribution is -1.88. The van der Waals surface area contributed by atoms with Gasteiger partial charge in [-0.2, -0.15) is 0 Å². The highest BCUT2D eigenvalue weighted by atomic mass is 16.3. The number of hydrogen-bond acceptors (Lipinski definition) is 3. The summed E-state index contributed by atoms with van der Waals surface area (Å²) in [6.45, 7) is 2.10. The highest BCUT2D eigenvalue weighted by Crippen LogP contribution is 2.32. The van der Waals surface area contributed by atoms with Gasteiger partial charge in [0.05, 0.1) is 6.20 Å². The zero-order valence-corrected chi connectivity index (χ0v) is 12.2. The predicted molar refractivity (Wildman–Crippen MR) is 87.4 cm³/mol. The molecular formula is C19H14N2O. The summed E-state index contributed by atoms with van der Waals surface area (Å²) in [6.07, 6.45) is 3.42. The van der Waals surface area contributed by atoms with Gasteiger partial charge in [0.1, 0.15) is 5.52 Å². The normalized spacial score (nSPS) is 11.0. The molecule has 2 aromatic heterocycles. The number of pyridine rings is 1. The van der Waals surface area contributed by atoms with E-state index in [2.05, 4.69) is 35.1 Å². The third-order valence-electron chi connectivity index (χ3n) is 3.84. The minimum absolute atomic E-state index is 0.637. The lowest BCUT2D eigenvalue weighted by molar-refractivity contribution is 0.618. The summed E-state index contributed by atoms with van der Waals surface area (Å²) in [5, 5.41) is 0. The molecule has 4 aromatic rings. The van der Waals surface area contributed by atoms with Gasteiger partial charge in [0.25, 0.3) is 0 Å². The molecule has 0 fully saturated rings. The van der Waals surface area contributed by atoms with Gasteiger partial charge in [-0.15, -0.1) is 0 Å². The summed E-state index contributed by atoms with van der Waals surface area (Å²) < 4.78 is 5.85. The number of hydrogen-bond donors (Lipinski definition) is 0. The number of fused-ring (bicyclic) bond motifs is 1. The molecule has 2 aromatic carbocycles. The third-order valence-corrected chi connectivity index (χ3v) is 3.84. The third kappa shape index (κ3) is 2.07. The Balaban J connectivity index is 1.89. The molecule has 2 heterocycles. The van der Waals surface area contributed by atoms with Crippen LogP contribution < -0.4 is 0 Å². The molecule has 0 aliphatic rings. The summed E-state index contributed by atoms with van der Waals surface area (Å²) in [4.78, 5) is 8.65. The van der Waals surface area contributed by atoms with Crippen molar-refractivity contribution in [1.29, 1.82) is 0 Å². The zero-order chi connectivity index (χ0) is 14.9. The quantitative estimate of drug-likeness (QED) is 0.528. The summed E-state index contributed by atoms with van der Waals surface area (Å²) in [5.41, 5.74) is 6.10. The van der Waals surface area contributed by atoms with E-state index in [4.69, 9.17) is 4.42 Å². The number of oxazole rings is 1. The molecule has 3 heteroatoms. The molecular weight excluding hydrogens is 272 g/mol. The second-order valence-electron chi connectivity index (χ2n) is 5.21. The Morgan fingerprint density at radius 2 is 1.68 bits per heavy atom. The van der Waals surface area contributed by atoms with Gasteiger partial charge in [-0.1, -0.05) is 42.5 Å². The Kier molecular flexibility index (Phi) is 2.97. The van der Waals surface area contributed by atoms with Crippen molar-refractivity contribution in [3.05, 3.63) is 72.6 Å². The monoisotopic (exact) mass is 286 g/mol. The Labute approximate surface area is 128 Å². The van der Waals surface area contributed by atoms with Gasteiger partial charge in [-0.05, 0) is 35.7 Å². The van der Waals surface area contributed by atoms with E-state index in [0.717, 1.165) is 16.6 Å². The zero-order valence-electron chi connectivity index (χ0n) is 12.2. The van der Waals surface area contributed by atoms with Crippen molar-refractivity contribution in [3.8, 4) is 22.6 Å². The first-order chi connectivity index (χ1) is 10.8. The molecule has 0 amide bonds.